The van der Waals surface area contributed by atoms with Crippen molar-refractivity contribution in [2.75, 3.05) is 0 Å². The highest BCUT2D eigenvalue weighted by Crippen LogP contribution is 2.30. The van der Waals surface area contributed by atoms with Crippen molar-refractivity contribution >= 4 is 5.97 Å². The second kappa shape index (κ2) is 6.04. The third-order valence-corrected chi connectivity index (χ3v) is 3.81. The first-order chi connectivity index (χ1) is 9.10. The molecule has 0 spiro atoms. The summed E-state index contributed by atoms with van der Waals surface area (Å²) in [6.07, 6.45) is 5.95. The van der Waals surface area contributed by atoms with E-state index in [4.69, 9.17) is 9.84 Å². The molecule has 19 heavy (non-hydrogen) atoms. The van der Waals surface area contributed by atoms with E-state index in [9.17, 15) is 4.79 Å². The Morgan fingerprint density at radius 1 is 1.42 bits per heavy atom. The van der Waals surface area contributed by atoms with E-state index in [2.05, 4.69) is 11.9 Å². The van der Waals surface area contributed by atoms with E-state index in [1.165, 1.54) is 25.3 Å². The summed E-state index contributed by atoms with van der Waals surface area (Å²) >= 11 is 0. The van der Waals surface area contributed by atoms with Crippen LogP contribution in [0.3, 0.4) is 0 Å². The Morgan fingerprint density at radius 2 is 2.16 bits per heavy atom. The maximum atomic E-state index is 11.0. The molecule has 0 saturated heterocycles. The van der Waals surface area contributed by atoms with Crippen LogP contribution in [-0.4, -0.2) is 22.2 Å². The van der Waals surface area contributed by atoms with E-state index in [-0.39, 0.29) is 11.7 Å². The number of aromatic nitrogens is 1. The second-order valence-corrected chi connectivity index (χ2v) is 5.25. The second-order valence-electron chi connectivity index (χ2n) is 5.25. The largest absolute Gasteiger partial charge is 0.478 e. The average molecular weight is 263 g/mol. The first kappa shape index (κ1) is 13.8. The molecule has 1 aliphatic carbocycles. The number of pyridine rings is 1. The van der Waals surface area contributed by atoms with Gasteiger partial charge in [0, 0.05) is 11.8 Å². The molecule has 2 atom stereocenters. The number of carboxylic acid groups (broad SMARTS) is 1. The van der Waals surface area contributed by atoms with Gasteiger partial charge in [0.2, 0.25) is 5.88 Å². The van der Waals surface area contributed by atoms with E-state index in [0.717, 1.165) is 12.8 Å². The maximum absolute atomic E-state index is 11.0. The molecule has 0 aromatic carbocycles. The number of rotatable bonds is 4. The summed E-state index contributed by atoms with van der Waals surface area (Å²) in [5.74, 6) is 0.0677. The molecule has 1 N–H and O–H groups in total. The molecule has 104 valence electrons. The minimum atomic E-state index is -0.939. The van der Waals surface area contributed by atoms with Crippen molar-refractivity contribution in [1.29, 1.82) is 0 Å². The monoisotopic (exact) mass is 263 g/mol. The Hall–Kier alpha value is -1.58. The predicted molar refractivity (Wildman–Crippen MR) is 72.6 cm³/mol. The first-order valence-electron chi connectivity index (χ1n) is 6.98. The SMILES string of the molecule is CCC1CCCCC1Oc1cc(C(=O)O)cc(C)n1. The smallest absolute Gasteiger partial charge is 0.335 e. The van der Waals surface area contributed by atoms with Crippen LogP contribution in [0.5, 0.6) is 5.88 Å². The van der Waals surface area contributed by atoms with Gasteiger partial charge in [-0.05, 0) is 44.6 Å². The Labute approximate surface area is 113 Å². The Kier molecular flexibility index (Phi) is 4.40. The molecule has 1 aliphatic rings. The zero-order valence-electron chi connectivity index (χ0n) is 11.6. The van der Waals surface area contributed by atoms with E-state index in [0.29, 0.717) is 17.5 Å². The zero-order chi connectivity index (χ0) is 13.8. The molecular formula is C15H21NO3. The van der Waals surface area contributed by atoms with Gasteiger partial charge in [-0.3, -0.25) is 0 Å². The lowest BCUT2D eigenvalue weighted by atomic mass is 9.85. The Bertz CT molecular complexity index is 459. The average Bonchev–Trinajstić information content (AvgIpc) is 2.38. The van der Waals surface area contributed by atoms with Gasteiger partial charge in [-0.15, -0.1) is 0 Å². The molecule has 1 heterocycles. The molecule has 0 amide bonds. The quantitative estimate of drug-likeness (QED) is 0.904. The van der Waals surface area contributed by atoms with Gasteiger partial charge in [0.15, 0.2) is 0 Å². The van der Waals surface area contributed by atoms with E-state index < -0.39 is 5.97 Å². The van der Waals surface area contributed by atoms with Crippen LogP contribution in [0, 0.1) is 12.8 Å². The highest BCUT2D eigenvalue weighted by atomic mass is 16.5. The molecule has 1 fully saturated rings. The summed E-state index contributed by atoms with van der Waals surface area (Å²) in [6, 6.07) is 3.09. The van der Waals surface area contributed by atoms with Crippen molar-refractivity contribution in [3.63, 3.8) is 0 Å². The lowest BCUT2D eigenvalue weighted by molar-refractivity contribution is 0.0690. The Balaban J connectivity index is 2.15. The minimum absolute atomic E-state index is 0.176. The molecule has 0 bridgehead atoms. The molecule has 2 rings (SSSR count). The molecule has 4 nitrogen and oxygen atoms in total. The van der Waals surface area contributed by atoms with Crippen molar-refractivity contribution in [2.24, 2.45) is 5.92 Å². The number of carboxylic acids is 1. The zero-order valence-corrected chi connectivity index (χ0v) is 11.6. The molecule has 2 unspecified atom stereocenters. The van der Waals surface area contributed by atoms with Gasteiger partial charge < -0.3 is 9.84 Å². The van der Waals surface area contributed by atoms with Crippen LogP contribution in [0.2, 0.25) is 0 Å². The van der Waals surface area contributed by atoms with Crippen molar-refractivity contribution in [1.82, 2.24) is 4.98 Å². The van der Waals surface area contributed by atoms with Gasteiger partial charge in [0.1, 0.15) is 6.10 Å². The summed E-state index contributed by atoms with van der Waals surface area (Å²) in [4.78, 5) is 15.3. The fraction of sp³-hybridized carbons (Fsp3) is 0.600. The standard InChI is InChI=1S/C15H21NO3/c1-3-11-6-4-5-7-13(11)19-14-9-12(15(17)18)8-10(2)16-14/h8-9,11,13H,3-7H2,1-2H3,(H,17,18). The van der Waals surface area contributed by atoms with Crippen LogP contribution in [0.25, 0.3) is 0 Å². The van der Waals surface area contributed by atoms with Crippen LogP contribution in [0.4, 0.5) is 0 Å². The van der Waals surface area contributed by atoms with E-state index >= 15 is 0 Å². The fourth-order valence-electron chi connectivity index (χ4n) is 2.77. The van der Waals surface area contributed by atoms with Crippen LogP contribution in [0.1, 0.15) is 55.1 Å². The highest BCUT2D eigenvalue weighted by Gasteiger charge is 2.25. The molecule has 0 aliphatic heterocycles. The van der Waals surface area contributed by atoms with Crippen LogP contribution >= 0.6 is 0 Å². The molecule has 1 aromatic heterocycles. The number of ether oxygens (including phenoxy) is 1. The first-order valence-corrected chi connectivity index (χ1v) is 6.98. The molecular weight excluding hydrogens is 242 g/mol. The lowest BCUT2D eigenvalue weighted by Crippen LogP contribution is -2.30. The van der Waals surface area contributed by atoms with Crippen LogP contribution < -0.4 is 4.74 Å². The molecule has 4 heteroatoms. The summed E-state index contributed by atoms with van der Waals surface area (Å²) in [5, 5.41) is 9.05. The third-order valence-electron chi connectivity index (χ3n) is 3.81. The Morgan fingerprint density at radius 3 is 2.84 bits per heavy atom. The van der Waals surface area contributed by atoms with Crippen LogP contribution in [0.15, 0.2) is 12.1 Å². The van der Waals surface area contributed by atoms with Gasteiger partial charge in [-0.1, -0.05) is 13.3 Å². The summed E-state index contributed by atoms with van der Waals surface area (Å²) in [6.45, 7) is 3.97. The van der Waals surface area contributed by atoms with Crippen molar-refractivity contribution in [3.8, 4) is 5.88 Å². The maximum Gasteiger partial charge on any atom is 0.335 e. The third kappa shape index (κ3) is 3.46. The van der Waals surface area contributed by atoms with Crippen molar-refractivity contribution in [2.45, 2.75) is 52.1 Å². The summed E-state index contributed by atoms with van der Waals surface area (Å²) in [5.41, 5.74) is 0.921. The topological polar surface area (TPSA) is 59.4 Å². The highest BCUT2D eigenvalue weighted by molar-refractivity contribution is 5.87. The summed E-state index contributed by atoms with van der Waals surface area (Å²) in [7, 11) is 0. The van der Waals surface area contributed by atoms with E-state index in [1.54, 1.807) is 13.0 Å². The van der Waals surface area contributed by atoms with Gasteiger partial charge >= 0.3 is 5.97 Å². The lowest BCUT2D eigenvalue weighted by Gasteiger charge is -2.30. The minimum Gasteiger partial charge on any atom is -0.478 e. The van der Waals surface area contributed by atoms with E-state index in [1.807, 2.05) is 0 Å². The van der Waals surface area contributed by atoms with Gasteiger partial charge in [-0.2, -0.15) is 0 Å². The number of carbonyl (C=O) groups is 1. The fourth-order valence-corrected chi connectivity index (χ4v) is 2.77. The van der Waals surface area contributed by atoms with Gasteiger partial charge in [-0.25, -0.2) is 9.78 Å². The predicted octanol–water partition coefficient (Wildman–Crippen LogP) is 3.44. The number of aromatic carboxylic acids is 1. The van der Waals surface area contributed by atoms with Crippen molar-refractivity contribution in [3.05, 3.63) is 23.4 Å². The summed E-state index contributed by atoms with van der Waals surface area (Å²) < 4.78 is 5.96. The molecule has 0 radical (unpaired) electrons. The van der Waals surface area contributed by atoms with Gasteiger partial charge in [0.05, 0.1) is 5.56 Å². The normalized spacial score (nSPS) is 23.1. The van der Waals surface area contributed by atoms with Crippen molar-refractivity contribution < 1.29 is 14.6 Å². The molecule has 1 aromatic rings. The number of aryl methyl sites for hydroxylation is 1. The molecule has 1 saturated carbocycles. The number of hydrogen-bond donors (Lipinski definition) is 1. The number of hydrogen-bond acceptors (Lipinski definition) is 3. The van der Waals surface area contributed by atoms with Crippen LogP contribution in [-0.2, 0) is 0 Å². The number of nitrogens with zero attached hydrogens (tertiary/aromatic N) is 1. The van der Waals surface area contributed by atoms with Gasteiger partial charge in [0.25, 0.3) is 0 Å².